The molecule has 2 N–H and O–H groups in total. The normalized spacial score (nSPS) is 11.9. The van der Waals surface area contributed by atoms with Crippen LogP contribution in [0.4, 0.5) is 11.4 Å². The Morgan fingerprint density at radius 2 is 1.17 bits per heavy atom. The molecule has 18 heavy (non-hydrogen) atoms. The molecule has 0 saturated heterocycles. The Morgan fingerprint density at radius 3 is 1.56 bits per heavy atom. The molecule has 5 nitrogen and oxygen atoms in total. The first-order valence-corrected chi connectivity index (χ1v) is 5.32. The van der Waals surface area contributed by atoms with Gasteiger partial charge in [-0.1, -0.05) is 12.1 Å². The van der Waals surface area contributed by atoms with Crippen LogP contribution in [0, 0.1) is 11.1 Å². The van der Waals surface area contributed by atoms with Gasteiger partial charge in [-0.25, -0.2) is 11.1 Å². The molecule has 0 radical (unpaired) electrons. The zero-order valence-electron chi connectivity index (χ0n) is 9.27. The van der Waals surface area contributed by atoms with Crippen LogP contribution in [0.1, 0.15) is 15.9 Å². The number of nitrogens with one attached hydrogen (secondary N) is 2. The fourth-order valence-corrected chi connectivity index (χ4v) is 2.19. The van der Waals surface area contributed by atoms with Crippen molar-refractivity contribution in [1.82, 2.24) is 0 Å². The maximum atomic E-state index is 12.2. The molecule has 0 saturated carbocycles. The number of nitrogens with zero attached hydrogens (tertiary/aromatic N) is 2. The number of rotatable bonds is 2. The highest BCUT2D eigenvalue weighted by Gasteiger charge is 2.27. The third kappa shape index (κ3) is 1.31. The van der Waals surface area contributed by atoms with Gasteiger partial charge in [-0.3, -0.25) is 4.79 Å². The smallest absolute Gasteiger partial charge is 0.194 e. The van der Waals surface area contributed by atoms with Gasteiger partial charge >= 0.3 is 0 Å². The van der Waals surface area contributed by atoms with Crippen LogP contribution in [0.2, 0.25) is 0 Å². The summed E-state index contributed by atoms with van der Waals surface area (Å²) in [6.45, 7) is 0. The Balaban J connectivity index is 2.27. The molecule has 2 aromatic rings. The molecule has 0 spiro atoms. The molecule has 0 heterocycles. The quantitative estimate of drug-likeness (QED) is 0.640. The third-order valence-corrected chi connectivity index (χ3v) is 3.04. The van der Waals surface area contributed by atoms with Crippen molar-refractivity contribution in [2.24, 2.45) is 10.2 Å². The van der Waals surface area contributed by atoms with Crippen LogP contribution in [0.25, 0.3) is 11.1 Å². The van der Waals surface area contributed by atoms with E-state index in [0.717, 1.165) is 11.1 Å². The predicted octanol–water partition coefficient (Wildman–Crippen LogP) is 4.22. The first-order chi connectivity index (χ1) is 8.74. The van der Waals surface area contributed by atoms with Crippen LogP contribution in [-0.2, 0) is 0 Å². The lowest BCUT2D eigenvalue weighted by atomic mass is 10.1. The second-order valence-electron chi connectivity index (χ2n) is 4.01. The zero-order valence-corrected chi connectivity index (χ0v) is 9.27. The SMILES string of the molecule is N=Nc1ccc2c(c1)C(=O)c1cc(N=N)ccc1-2. The van der Waals surface area contributed by atoms with Gasteiger partial charge in [0.05, 0.1) is 11.4 Å². The zero-order chi connectivity index (χ0) is 12.7. The maximum Gasteiger partial charge on any atom is 0.194 e. The lowest BCUT2D eigenvalue weighted by Gasteiger charge is -2.00. The molecule has 0 aliphatic heterocycles. The van der Waals surface area contributed by atoms with E-state index in [2.05, 4.69) is 10.2 Å². The van der Waals surface area contributed by atoms with E-state index < -0.39 is 0 Å². The summed E-state index contributed by atoms with van der Waals surface area (Å²) in [4.78, 5) is 12.2. The van der Waals surface area contributed by atoms with Gasteiger partial charge in [-0.05, 0) is 35.4 Å². The fourth-order valence-electron chi connectivity index (χ4n) is 2.19. The van der Waals surface area contributed by atoms with Gasteiger partial charge in [0.1, 0.15) is 0 Å². The van der Waals surface area contributed by atoms with Crippen LogP contribution in [0.3, 0.4) is 0 Å². The molecular formula is C13H8N4O. The van der Waals surface area contributed by atoms with Gasteiger partial charge < -0.3 is 0 Å². The Hall–Kier alpha value is -2.69. The number of hydrogen-bond donors (Lipinski definition) is 2. The van der Waals surface area contributed by atoms with Crippen molar-refractivity contribution >= 4 is 17.2 Å². The second kappa shape index (κ2) is 3.66. The average molecular weight is 236 g/mol. The molecule has 5 heteroatoms. The van der Waals surface area contributed by atoms with Crippen LogP contribution < -0.4 is 0 Å². The van der Waals surface area contributed by atoms with E-state index in [4.69, 9.17) is 11.1 Å². The molecule has 0 unspecified atom stereocenters. The van der Waals surface area contributed by atoms with Crippen molar-refractivity contribution in [3.63, 3.8) is 0 Å². The van der Waals surface area contributed by atoms with E-state index in [0.29, 0.717) is 22.5 Å². The van der Waals surface area contributed by atoms with Gasteiger partial charge in [-0.15, -0.1) is 0 Å². The second-order valence-corrected chi connectivity index (χ2v) is 4.01. The van der Waals surface area contributed by atoms with Crippen molar-refractivity contribution < 1.29 is 4.79 Å². The Morgan fingerprint density at radius 1 is 0.722 bits per heavy atom. The minimum absolute atomic E-state index is 0.101. The number of carbonyl (C=O) groups excluding carboxylic acids is 1. The average Bonchev–Trinajstić information content (AvgIpc) is 2.71. The Bertz CT molecular complexity index is 647. The highest BCUT2D eigenvalue weighted by molar-refractivity contribution is 6.22. The Kier molecular flexibility index (Phi) is 2.13. The highest BCUT2D eigenvalue weighted by atomic mass is 16.1. The van der Waals surface area contributed by atoms with Gasteiger partial charge in [0.25, 0.3) is 0 Å². The Labute approximate surface area is 102 Å². The van der Waals surface area contributed by atoms with Crippen LogP contribution in [-0.4, -0.2) is 5.78 Å². The van der Waals surface area contributed by atoms with E-state index in [-0.39, 0.29) is 5.78 Å². The molecule has 0 fully saturated rings. The van der Waals surface area contributed by atoms with E-state index in [1.54, 1.807) is 36.4 Å². The van der Waals surface area contributed by atoms with E-state index >= 15 is 0 Å². The van der Waals surface area contributed by atoms with Crippen molar-refractivity contribution in [1.29, 1.82) is 11.1 Å². The summed E-state index contributed by atoms with van der Waals surface area (Å²) in [6, 6.07) is 10.2. The lowest BCUT2D eigenvalue weighted by molar-refractivity contribution is 0.104. The molecule has 0 atom stereocenters. The minimum Gasteiger partial charge on any atom is -0.289 e. The first kappa shape index (κ1) is 10.5. The van der Waals surface area contributed by atoms with Crippen molar-refractivity contribution in [2.75, 3.05) is 0 Å². The molecule has 2 aromatic carbocycles. The summed E-state index contributed by atoms with van der Waals surface area (Å²) in [7, 11) is 0. The van der Waals surface area contributed by atoms with E-state index in [9.17, 15) is 4.79 Å². The highest BCUT2D eigenvalue weighted by Crippen LogP contribution is 2.39. The number of carbonyl (C=O) groups is 1. The standard InChI is InChI=1S/C13H8N4O/c14-16-7-1-3-9-10-4-2-8(17-15)6-12(10)13(18)11(9)5-7/h1-6,14-15H. The summed E-state index contributed by atoms with van der Waals surface area (Å²) in [5.41, 5.74) is 17.7. The minimum atomic E-state index is -0.101. The van der Waals surface area contributed by atoms with Gasteiger partial charge in [-0.2, -0.15) is 10.2 Å². The maximum absolute atomic E-state index is 12.2. The van der Waals surface area contributed by atoms with E-state index in [1.807, 2.05) is 0 Å². The summed E-state index contributed by atoms with van der Waals surface area (Å²) in [5.74, 6) is -0.101. The summed E-state index contributed by atoms with van der Waals surface area (Å²) in [5, 5.41) is 6.66. The van der Waals surface area contributed by atoms with Gasteiger partial charge in [0, 0.05) is 11.1 Å². The molecule has 0 amide bonds. The predicted molar refractivity (Wildman–Crippen MR) is 64.9 cm³/mol. The summed E-state index contributed by atoms with van der Waals surface area (Å²) >= 11 is 0. The molecule has 3 rings (SSSR count). The molecule has 1 aliphatic carbocycles. The lowest BCUT2D eigenvalue weighted by Crippen LogP contribution is -1.94. The van der Waals surface area contributed by atoms with Crippen molar-refractivity contribution in [3.8, 4) is 11.1 Å². The van der Waals surface area contributed by atoms with Gasteiger partial charge in [0.2, 0.25) is 0 Å². The molecule has 0 aromatic heterocycles. The number of hydrogen-bond acceptors (Lipinski definition) is 5. The monoisotopic (exact) mass is 236 g/mol. The van der Waals surface area contributed by atoms with Crippen molar-refractivity contribution in [3.05, 3.63) is 47.5 Å². The molecule has 86 valence electrons. The van der Waals surface area contributed by atoms with Crippen molar-refractivity contribution in [2.45, 2.75) is 0 Å². The number of benzene rings is 2. The summed E-state index contributed by atoms with van der Waals surface area (Å²) < 4.78 is 0. The van der Waals surface area contributed by atoms with Crippen LogP contribution in [0.15, 0.2) is 46.6 Å². The summed E-state index contributed by atoms with van der Waals surface area (Å²) in [6.07, 6.45) is 0. The molecular weight excluding hydrogens is 228 g/mol. The van der Waals surface area contributed by atoms with E-state index in [1.165, 1.54) is 0 Å². The van der Waals surface area contributed by atoms with Crippen LogP contribution in [0.5, 0.6) is 0 Å². The molecule has 1 aliphatic rings. The first-order valence-electron chi connectivity index (χ1n) is 5.32. The largest absolute Gasteiger partial charge is 0.289 e. The number of ketones is 1. The fraction of sp³-hybridized carbons (Fsp3) is 0. The van der Waals surface area contributed by atoms with Crippen LogP contribution >= 0.6 is 0 Å². The molecule has 0 bridgehead atoms. The van der Waals surface area contributed by atoms with Gasteiger partial charge in [0.15, 0.2) is 5.78 Å². The number of fused-ring (bicyclic) bond motifs is 3. The topological polar surface area (TPSA) is 89.5 Å². The third-order valence-electron chi connectivity index (χ3n) is 3.04.